The summed E-state index contributed by atoms with van der Waals surface area (Å²) in [6.45, 7) is 3.85. The number of hydrogen-bond acceptors (Lipinski definition) is 6. The normalized spacial score (nSPS) is 10.4. The molecule has 3 rings (SSSR count). The molecule has 6 heteroatoms. The molecule has 0 amide bonds. The lowest BCUT2D eigenvalue weighted by atomic mass is 10.1. The van der Waals surface area contributed by atoms with E-state index in [1.807, 2.05) is 61.5 Å². The van der Waals surface area contributed by atoms with E-state index in [0.717, 1.165) is 22.6 Å². The van der Waals surface area contributed by atoms with Crippen LogP contribution in [0.4, 0.5) is 0 Å². The number of nitrogens with one attached hydrogen (secondary N) is 1. The zero-order chi connectivity index (χ0) is 20.5. The van der Waals surface area contributed by atoms with Gasteiger partial charge >= 0.3 is 0 Å². The van der Waals surface area contributed by atoms with Crippen molar-refractivity contribution in [2.45, 2.75) is 20.0 Å². The second-order valence-electron chi connectivity index (χ2n) is 6.24. The molecule has 0 fully saturated rings. The lowest BCUT2D eigenvalue weighted by molar-refractivity contribution is 0.319. The molecule has 0 aliphatic carbocycles. The molecule has 6 nitrogen and oxygen atoms in total. The first-order valence-corrected chi connectivity index (χ1v) is 9.50. The van der Waals surface area contributed by atoms with Crippen LogP contribution in [-0.4, -0.2) is 25.8 Å². The summed E-state index contributed by atoms with van der Waals surface area (Å²) in [6.07, 6.45) is 1.80. The second kappa shape index (κ2) is 10.3. The van der Waals surface area contributed by atoms with Crippen LogP contribution in [-0.2, 0) is 13.1 Å². The average molecular weight is 394 g/mol. The molecule has 0 aliphatic heterocycles. The van der Waals surface area contributed by atoms with Crippen LogP contribution in [0.1, 0.15) is 18.1 Å². The molecule has 0 aliphatic rings. The smallest absolute Gasteiger partial charge is 0.219 e. The van der Waals surface area contributed by atoms with Gasteiger partial charge in [0.2, 0.25) is 5.88 Å². The third-order valence-corrected chi connectivity index (χ3v) is 4.29. The number of methoxy groups -OCH3 is 2. The number of ether oxygens (including phenoxy) is 4. The fraction of sp³-hybridized carbons (Fsp3) is 0.261. The fourth-order valence-electron chi connectivity index (χ4n) is 2.93. The fourth-order valence-corrected chi connectivity index (χ4v) is 2.93. The minimum absolute atomic E-state index is 0.523. The summed E-state index contributed by atoms with van der Waals surface area (Å²) in [4.78, 5) is 4.40. The van der Waals surface area contributed by atoms with Crippen LogP contribution >= 0.6 is 0 Å². The Balaban J connectivity index is 1.58. The molecular weight excluding hydrogens is 368 g/mol. The Morgan fingerprint density at radius 2 is 1.62 bits per heavy atom. The standard InChI is InChI=1S/C23H26N2O4/c1-4-28-19-9-5-6-10-20(19)29-22-13-12-17(15-25-22)14-24-16-18-8-7-11-21(26-2)23(18)27-3/h5-13,15,24H,4,14,16H2,1-3H3. The van der Waals surface area contributed by atoms with Crippen LogP contribution in [0.2, 0.25) is 0 Å². The molecule has 0 atom stereocenters. The number of para-hydroxylation sites is 3. The number of rotatable bonds is 10. The van der Waals surface area contributed by atoms with Gasteiger partial charge in [-0.05, 0) is 30.7 Å². The maximum Gasteiger partial charge on any atom is 0.219 e. The van der Waals surface area contributed by atoms with Gasteiger partial charge in [-0.1, -0.05) is 30.3 Å². The minimum Gasteiger partial charge on any atom is -0.493 e. The zero-order valence-corrected chi connectivity index (χ0v) is 17.0. The Labute approximate surface area is 171 Å². The van der Waals surface area contributed by atoms with Gasteiger partial charge in [-0.2, -0.15) is 0 Å². The summed E-state index contributed by atoms with van der Waals surface area (Å²) in [5.74, 6) is 3.35. The summed E-state index contributed by atoms with van der Waals surface area (Å²) in [5, 5.41) is 3.40. The number of aromatic nitrogens is 1. The number of hydrogen-bond donors (Lipinski definition) is 1. The number of nitrogens with zero attached hydrogens (tertiary/aromatic N) is 1. The van der Waals surface area contributed by atoms with Crippen molar-refractivity contribution >= 4 is 0 Å². The highest BCUT2D eigenvalue weighted by Crippen LogP contribution is 2.31. The molecule has 0 saturated heterocycles. The zero-order valence-electron chi connectivity index (χ0n) is 17.0. The third-order valence-electron chi connectivity index (χ3n) is 4.29. The molecule has 29 heavy (non-hydrogen) atoms. The molecule has 1 N–H and O–H groups in total. The van der Waals surface area contributed by atoms with Gasteiger partial charge < -0.3 is 24.3 Å². The van der Waals surface area contributed by atoms with Crippen LogP contribution < -0.4 is 24.3 Å². The average Bonchev–Trinajstić information content (AvgIpc) is 2.76. The molecule has 0 saturated carbocycles. The third kappa shape index (κ3) is 5.39. The molecule has 0 bridgehead atoms. The Morgan fingerprint density at radius 1 is 0.828 bits per heavy atom. The van der Waals surface area contributed by atoms with E-state index in [1.54, 1.807) is 20.4 Å². The lowest BCUT2D eigenvalue weighted by Gasteiger charge is -2.13. The van der Waals surface area contributed by atoms with Gasteiger partial charge in [-0.15, -0.1) is 0 Å². The number of benzene rings is 2. The first-order chi connectivity index (χ1) is 14.2. The van der Waals surface area contributed by atoms with Gasteiger partial charge in [0.05, 0.1) is 20.8 Å². The van der Waals surface area contributed by atoms with Crippen LogP contribution in [0.15, 0.2) is 60.8 Å². The highest BCUT2D eigenvalue weighted by Gasteiger charge is 2.09. The van der Waals surface area contributed by atoms with E-state index in [9.17, 15) is 0 Å². The van der Waals surface area contributed by atoms with Gasteiger partial charge in [0.1, 0.15) is 0 Å². The Hall–Kier alpha value is -3.25. The van der Waals surface area contributed by atoms with E-state index >= 15 is 0 Å². The SMILES string of the molecule is CCOc1ccccc1Oc1ccc(CNCc2cccc(OC)c2OC)cn1. The van der Waals surface area contributed by atoms with E-state index in [0.29, 0.717) is 37.1 Å². The van der Waals surface area contributed by atoms with E-state index in [1.165, 1.54) is 0 Å². The Kier molecular flexibility index (Phi) is 7.30. The van der Waals surface area contributed by atoms with Crippen molar-refractivity contribution in [2.24, 2.45) is 0 Å². The van der Waals surface area contributed by atoms with Crippen molar-refractivity contribution in [1.29, 1.82) is 0 Å². The first-order valence-electron chi connectivity index (χ1n) is 9.50. The predicted octanol–water partition coefficient (Wildman–Crippen LogP) is 4.58. The largest absolute Gasteiger partial charge is 0.493 e. The highest BCUT2D eigenvalue weighted by molar-refractivity contribution is 5.46. The van der Waals surface area contributed by atoms with Crippen molar-refractivity contribution in [3.63, 3.8) is 0 Å². The monoisotopic (exact) mass is 394 g/mol. The number of pyridine rings is 1. The Morgan fingerprint density at radius 3 is 2.31 bits per heavy atom. The molecule has 1 heterocycles. The van der Waals surface area contributed by atoms with Gasteiger partial charge in [-0.25, -0.2) is 4.98 Å². The van der Waals surface area contributed by atoms with Crippen LogP contribution in [0.25, 0.3) is 0 Å². The van der Waals surface area contributed by atoms with E-state index in [2.05, 4.69) is 10.3 Å². The summed E-state index contributed by atoms with van der Waals surface area (Å²) in [7, 11) is 3.28. The summed E-state index contributed by atoms with van der Waals surface area (Å²) >= 11 is 0. The molecule has 3 aromatic rings. The van der Waals surface area contributed by atoms with Crippen molar-refractivity contribution < 1.29 is 18.9 Å². The topological polar surface area (TPSA) is 61.8 Å². The van der Waals surface area contributed by atoms with Crippen LogP contribution in [0.5, 0.6) is 28.9 Å². The first kappa shape index (κ1) is 20.5. The van der Waals surface area contributed by atoms with E-state index in [4.69, 9.17) is 18.9 Å². The summed E-state index contributed by atoms with van der Waals surface area (Å²) in [6, 6.07) is 17.3. The van der Waals surface area contributed by atoms with Crippen molar-refractivity contribution in [1.82, 2.24) is 10.3 Å². The maximum atomic E-state index is 5.86. The molecule has 0 spiro atoms. The van der Waals surface area contributed by atoms with E-state index in [-0.39, 0.29) is 0 Å². The predicted molar refractivity (Wildman–Crippen MR) is 112 cm³/mol. The van der Waals surface area contributed by atoms with Gasteiger partial charge in [-0.3, -0.25) is 0 Å². The van der Waals surface area contributed by atoms with Crippen molar-refractivity contribution in [3.8, 4) is 28.9 Å². The molecule has 0 radical (unpaired) electrons. The molecule has 1 aromatic heterocycles. The summed E-state index contributed by atoms with van der Waals surface area (Å²) < 4.78 is 22.2. The summed E-state index contributed by atoms with van der Waals surface area (Å²) in [5.41, 5.74) is 2.09. The maximum absolute atomic E-state index is 5.86. The van der Waals surface area contributed by atoms with Gasteiger partial charge in [0.25, 0.3) is 0 Å². The Bertz CT molecular complexity index is 913. The molecule has 2 aromatic carbocycles. The molecule has 152 valence electrons. The molecule has 0 unspecified atom stereocenters. The van der Waals surface area contributed by atoms with Gasteiger partial charge in [0.15, 0.2) is 23.0 Å². The molecular formula is C23H26N2O4. The van der Waals surface area contributed by atoms with Gasteiger partial charge in [0, 0.05) is 30.9 Å². The quantitative estimate of drug-likeness (QED) is 0.543. The van der Waals surface area contributed by atoms with Crippen LogP contribution in [0, 0.1) is 0 Å². The van der Waals surface area contributed by atoms with E-state index < -0.39 is 0 Å². The van der Waals surface area contributed by atoms with Crippen molar-refractivity contribution in [3.05, 3.63) is 71.9 Å². The van der Waals surface area contributed by atoms with Crippen molar-refractivity contribution in [2.75, 3.05) is 20.8 Å². The highest BCUT2D eigenvalue weighted by atomic mass is 16.5. The second-order valence-corrected chi connectivity index (χ2v) is 6.24. The minimum atomic E-state index is 0.523. The van der Waals surface area contributed by atoms with Crippen LogP contribution in [0.3, 0.4) is 0 Å². The lowest BCUT2D eigenvalue weighted by Crippen LogP contribution is -2.13.